The van der Waals surface area contributed by atoms with Gasteiger partial charge in [0, 0.05) is 7.05 Å². The molecule has 40 heavy (non-hydrogen) atoms. The highest BCUT2D eigenvalue weighted by atomic mass is 32.2. The number of amides is 2. The van der Waals surface area contributed by atoms with Crippen molar-refractivity contribution in [1.29, 1.82) is 0 Å². The summed E-state index contributed by atoms with van der Waals surface area (Å²) in [6.07, 6.45) is 1.17. The second-order valence-electron chi connectivity index (χ2n) is 12.2. The third kappa shape index (κ3) is 8.34. The first kappa shape index (κ1) is 32.9. The zero-order chi connectivity index (χ0) is 30.6. The molecule has 0 spiro atoms. The molecule has 0 bridgehead atoms. The predicted molar refractivity (Wildman–Crippen MR) is 151 cm³/mol. The summed E-state index contributed by atoms with van der Waals surface area (Å²) >= 11 is 0. The Bertz CT molecular complexity index is 1400. The van der Waals surface area contributed by atoms with E-state index in [1.807, 2.05) is 13.8 Å². The van der Waals surface area contributed by atoms with E-state index in [1.54, 1.807) is 41.5 Å². The van der Waals surface area contributed by atoms with Gasteiger partial charge in [0.05, 0.1) is 23.1 Å². The molecule has 0 unspecified atom stereocenters. The summed E-state index contributed by atoms with van der Waals surface area (Å²) in [7, 11) is -3.08. The number of nitrogens with one attached hydrogen (secondary N) is 4. The van der Waals surface area contributed by atoms with E-state index >= 15 is 0 Å². The summed E-state index contributed by atoms with van der Waals surface area (Å²) in [6.45, 7) is 13.8. The van der Waals surface area contributed by atoms with Crippen LogP contribution in [0.3, 0.4) is 0 Å². The normalized spacial score (nSPS) is 14.8. The number of benzene rings is 1. The van der Waals surface area contributed by atoms with E-state index in [2.05, 4.69) is 25.3 Å². The number of aromatic amines is 1. The van der Waals surface area contributed by atoms with Crippen LogP contribution in [0, 0.1) is 17.3 Å². The second-order valence-corrected chi connectivity index (χ2v) is 13.9. The Kier molecular flexibility index (Phi) is 10.2. The summed E-state index contributed by atoms with van der Waals surface area (Å²) in [6, 6.07) is 1.43. The van der Waals surface area contributed by atoms with Crippen LogP contribution in [0.1, 0.15) is 61.8 Å². The van der Waals surface area contributed by atoms with Crippen molar-refractivity contribution in [2.24, 2.45) is 17.3 Å². The number of hydrogen-bond acceptors (Lipinski definition) is 8. The number of rotatable bonds is 10. The summed E-state index contributed by atoms with van der Waals surface area (Å²) in [5, 5.41) is 5.29. The Morgan fingerprint density at radius 1 is 1.05 bits per heavy atom. The highest BCUT2D eigenvalue weighted by Crippen LogP contribution is 2.26. The molecule has 0 aliphatic rings. The van der Waals surface area contributed by atoms with Crippen LogP contribution in [0.5, 0.6) is 0 Å². The van der Waals surface area contributed by atoms with Gasteiger partial charge in [0.1, 0.15) is 22.6 Å². The van der Waals surface area contributed by atoms with E-state index in [0.717, 1.165) is 6.33 Å². The van der Waals surface area contributed by atoms with Crippen LogP contribution in [-0.4, -0.2) is 60.9 Å². The first-order chi connectivity index (χ1) is 18.3. The lowest BCUT2D eigenvalue weighted by atomic mass is 9.84. The minimum absolute atomic E-state index is 0.0364. The Balaban J connectivity index is 2.65. The number of nitrogens with zero attached hydrogens (tertiary/aromatic N) is 1. The van der Waals surface area contributed by atoms with E-state index in [9.17, 15) is 27.6 Å². The topological polar surface area (TPSA) is 176 Å². The van der Waals surface area contributed by atoms with E-state index in [4.69, 9.17) is 4.74 Å². The molecule has 13 heteroatoms. The van der Waals surface area contributed by atoms with Crippen LogP contribution in [0.4, 0.5) is 0 Å². The molecule has 2 aromatic rings. The predicted octanol–water partition coefficient (Wildman–Crippen LogP) is 1.85. The Hall–Kier alpha value is -3.32. The maximum atomic E-state index is 13.8. The van der Waals surface area contributed by atoms with Gasteiger partial charge < -0.3 is 20.4 Å². The van der Waals surface area contributed by atoms with Gasteiger partial charge in [-0.3, -0.25) is 19.2 Å². The van der Waals surface area contributed by atoms with Crippen molar-refractivity contribution in [3.8, 4) is 0 Å². The van der Waals surface area contributed by atoms with Crippen molar-refractivity contribution >= 4 is 38.7 Å². The molecular formula is C27H41N5O7S. The molecule has 1 aromatic heterocycles. The molecule has 222 valence electrons. The second kappa shape index (κ2) is 12.5. The van der Waals surface area contributed by atoms with Crippen LogP contribution < -0.4 is 20.9 Å². The third-order valence-corrected chi connectivity index (χ3v) is 7.46. The fourth-order valence-corrected chi connectivity index (χ4v) is 5.55. The van der Waals surface area contributed by atoms with Crippen molar-refractivity contribution in [3.05, 3.63) is 34.9 Å². The minimum atomic E-state index is -4.52. The molecule has 0 radical (unpaired) electrons. The van der Waals surface area contributed by atoms with Gasteiger partial charge in [-0.25, -0.2) is 13.4 Å². The molecule has 1 aromatic carbocycles. The molecule has 1 heterocycles. The van der Waals surface area contributed by atoms with Crippen LogP contribution >= 0.6 is 0 Å². The van der Waals surface area contributed by atoms with Gasteiger partial charge in [-0.1, -0.05) is 40.7 Å². The molecule has 0 saturated heterocycles. The van der Waals surface area contributed by atoms with E-state index in [1.165, 1.54) is 25.2 Å². The first-order valence-corrected chi connectivity index (χ1v) is 14.5. The summed E-state index contributed by atoms with van der Waals surface area (Å²) in [5.74, 6) is -3.48. The lowest BCUT2D eigenvalue weighted by molar-refractivity contribution is -0.160. The van der Waals surface area contributed by atoms with E-state index < -0.39 is 62.4 Å². The smallest absolute Gasteiger partial charge is 0.325 e. The zero-order valence-corrected chi connectivity index (χ0v) is 25.4. The van der Waals surface area contributed by atoms with Gasteiger partial charge in [-0.2, -0.15) is 4.72 Å². The molecule has 2 rings (SSSR count). The number of esters is 1. The van der Waals surface area contributed by atoms with Crippen molar-refractivity contribution in [3.63, 3.8) is 0 Å². The average Bonchev–Trinajstić information content (AvgIpc) is 2.82. The van der Waals surface area contributed by atoms with Gasteiger partial charge in [0.2, 0.25) is 21.8 Å². The molecule has 0 aliphatic carbocycles. The number of para-hydroxylation sites is 1. The van der Waals surface area contributed by atoms with Gasteiger partial charge in [0.15, 0.2) is 0 Å². The molecular weight excluding hydrogens is 538 g/mol. The van der Waals surface area contributed by atoms with Crippen LogP contribution in [0.15, 0.2) is 34.2 Å². The number of likely N-dealkylation sites (N-methyl/N-ethyl adjacent to an activating group) is 1. The fourth-order valence-electron chi connectivity index (χ4n) is 4.15. The molecule has 12 nitrogen and oxygen atoms in total. The number of fused-ring (bicyclic) bond motifs is 1. The minimum Gasteiger partial charge on any atom is -0.459 e. The average molecular weight is 580 g/mol. The number of hydrogen-bond donors (Lipinski definition) is 4. The SMILES string of the molecule is CNC(=O)[C@@H](NC(=O)[C@H](CC(C)C)[C@H](NS(=O)(=O)c1cccc2c(=O)[nH]cnc12)C(=O)OC(C)(C)C)C(C)(C)C. The number of carbonyl (C=O) groups is 3. The largest absolute Gasteiger partial charge is 0.459 e. The zero-order valence-electron chi connectivity index (χ0n) is 24.5. The Morgan fingerprint density at radius 2 is 1.68 bits per heavy atom. The van der Waals surface area contributed by atoms with Crippen LogP contribution in [0.2, 0.25) is 0 Å². The molecule has 2 amide bonds. The number of ether oxygens (including phenoxy) is 1. The maximum Gasteiger partial charge on any atom is 0.325 e. The number of aromatic nitrogens is 2. The highest BCUT2D eigenvalue weighted by Gasteiger charge is 2.42. The third-order valence-electron chi connectivity index (χ3n) is 5.99. The van der Waals surface area contributed by atoms with Crippen molar-refractivity contribution in [2.45, 2.75) is 84.4 Å². The monoisotopic (exact) mass is 579 g/mol. The Morgan fingerprint density at radius 3 is 2.20 bits per heavy atom. The quantitative estimate of drug-likeness (QED) is 0.308. The first-order valence-electron chi connectivity index (χ1n) is 13.0. The van der Waals surface area contributed by atoms with Crippen molar-refractivity contribution in [2.75, 3.05) is 7.05 Å². The molecule has 0 saturated carbocycles. The lowest BCUT2D eigenvalue weighted by Gasteiger charge is -2.34. The van der Waals surface area contributed by atoms with Gasteiger partial charge in [-0.05, 0) is 50.7 Å². The lowest BCUT2D eigenvalue weighted by Crippen LogP contribution is -2.58. The van der Waals surface area contributed by atoms with E-state index in [0.29, 0.717) is 0 Å². The molecule has 3 atom stereocenters. The summed E-state index contributed by atoms with van der Waals surface area (Å²) in [5.41, 5.74) is -2.32. The maximum absolute atomic E-state index is 13.8. The van der Waals surface area contributed by atoms with Crippen LogP contribution in [0.25, 0.3) is 10.9 Å². The van der Waals surface area contributed by atoms with Gasteiger partial charge in [0.25, 0.3) is 5.56 Å². The van der Waals surface area contributed by atoms with Gasteiger partial charge >= 0.3 is 5.97 Å². The summed E-state index contributed by atoms with van der Waals surface area (Å²) < 4.78 is 35.4. The van der Waals surface area contributed by atoms with E-state index in [-0.39, 0.29) is 28.1 Å². The summed E-state index contributed by atoms with van der Waals surface area (Å²) in [4.78, 5) is 58.2. The Labute approximate surface area is 235 Å². The standard InChI is InChI=1S/C27H41N5O7S/c1-15(2)13-17(23(34)31-21(24(35)28-9)26(3,4)5)20(25(36)39-27(6,7)8)32-40(37,38)18-12-10-11-16-19(18)29-14-30-22(16)33/h10-12,14-15,17,20-21,32H,13H2,1-9H3,(H,28,35)(H,31,34)(H,29,30,33)/t17-,20+,21-/m1/s1. The van der Waals surface area contributed by atoms with Crippen LogP contribution in [-0.2, 0) is 29.1 Å². The number of carbonyl (C=O) groups excluding carboxylic acids is 3. The van der Waals surface area contributed by atoms with Gasteiger partial charge in [-0.15, -0.1) is 0 Å². The van der Waals surface area contributed by atoms with Crippen molar-refractivity contribution < 1.29 is 27.5 Å². The molecule has 4 N–H and O–H groups in total. The molecule has 0 aliphatic heterocycles. The molecule has 0 fully saturated rings. The van der Waals surface area contributed by atoms with Crippen molar-refractivity contribution in [1.82, 2.24) is 25.3 Å². The highest BCUT2D eigenvalue weighted by molar-refractivity contribution is 7.89. The fraction of sp³-hybridized carbons (Fsp3) is 0.593. The number of sulfonamides is 1. The number of H-pyrrole nitrogens is 1.